The van der Waals surface area contributed by atoms with Gasteiger partial charge in [0.15, 0.2) is 0 Å². The Bertz CT molecular complexity index is 711. The number of piperidine rings is 1. The second-order valence-electron chi connectivity index (χ2n) is 6.79. The maximum absolute atomic E-state index is 12.7. The van der Waals surface area contributed by atoms with E-state index in [0.29, 0.717) is 0 Å². The molecule has 5 heteroatoms. The van der Waals surface area contributed by atoms with Gasteiger partial charge in [0, 0.05) is 43.6 Å². The molecule has 0 saturated carbocycles. The van der Waals surface area contributed by atoms with Crippen molar-refractivity contribution in [2.24, 2.45) is 0 Å². The summed E-state index contributed by atoms with van der Waals surface area (Å²) in [5.41, 5.74) is 4.54. The number of hydrogen-bond donors (Lipinski definition) is 2. The van der Waals surface area contributed by atoms with Crippen molar-refractivity contribution in [1.29, 1.82) is 0 Å². The molecule has 0 unspecified atom stereocenters. The summed E-state index contributed by atoms with van der Waals surface area (Å²) in [5.74, 6) is 0.151. The zero-order valence-corrected chi connectivity index (χ0v) is 13.5. The minimum absolute atomic E-state index is 0.0671. The molecule has 0 radical (unpaired) electrons. The minimum atomic E-state index is 0.0671. The molecule has 0 atom stereocenters. The third-order valence-electron chi connectivity index (χ3n) is 5.36. The number of aromatic nitrogens is 2. The van der Waals surface area contributed by atoms with Gasteiger partial charge in [-0.15, -0.1) is 0 Å². The number of nitrogens with two attached hydrogens (primary N) is 1. The summed E-state index contributed by atoms with van der Waals surface area (Å²) in [6, 6.07) is 7.87. The Morgan fingerprint density at radius 2 is 2.00 bits per heavy atom. The molecule has 3 heterocycles. The van der Waals surface area contributed by atoms with Crippen LogP contribution in [0.3, 0.4) is 0 Å². The quantitative estimate of drug-likeness (QED) is 0.824. The number of carbonyl (C=O) groups excluding carboxylic acids is 1. The Kier molecular flexibility index (Phi) is 3.45. The number of aryl methyl sites for hydroxylation is 1. The molecule has 5 nitrogen and oxygen atoms in total. The predicted octanol–water partition coefficient (Wildman–Crippen LogP) is 0.969. The van der Waals surface area contributed by atoms with E-state index in [1.165, 1.54) is 17.0 Å². The average molecular weight is 311 g/mol. The van der Waals surface area contributed by atoms with E-state index in [9.17, 15) is 4.79 Å². The molecule has 0 bridgehead atoms. The molecule has 1 spiro atoms. The number of H-pyrrole nitrogens is 1. The van der Waals surface area contributed by atoms with Crippen LogP contribution in [0.4, 0.5) is 0 Å². The Labute approximate surface area is 136 Å². The lowest BCUT2D eigenvalue weighted by molar-refractivity contribution is -0.743. The second kappa shape index (κ2) is 5.49. The van der Waals surface area contributed by atoms with Gasteiger partial charge in [-0.25, -0.2) is 4.98 Å². The number of fused-ring (bicyclic) bond motifs is 2. The SMILES string of the molecule is Cc1ccc(C(=O)N2CCC3(CC2)[NH2+]CCc2[nH]cnc23)cc1. The lowest BCUT2D eigenvalue weighted by Gasteiger charge is -2.41. The number of likely N-dealkylation sites (tertiary alicyclic amines) is 1. The third-order valence-corrected chi connectivity index (χ3v) is 5.36. The van der Waals surface area contributed by atoms with Gasteiger partial charge < -0.3 is 15.2 Å². The number of nitrogens with one attached hydrogen (secondary N) is 1. The molecule has 1 aromatic heterocycles. The van der Waals surface area contributed by atoms with E-state index in [2.05, 4.69) is 15.3 Å². The largest absolute Gasteiger partial charge is 0.348 e. The van der Waals surface area contributed by atoms with Crippen molar-refractivity contribution >= 4 is 5.91 Å². The number of hydrogen-bond acceptors (Lipinski definition) is 2. The van der Waals surface area contributed by atoms with Crippen molar-refractivity contribution in [2.45, 2.75) is 31.7 Å². The van der Waals surface area contributed by atoms with Gasteiger partial charge in [0.05, 0.1) is 12.9 Å². The highest BCUT2D eigenvalue weighted by molar-refractivity contribution is 5.94. The van der Waals surface area contributed by atoms with Crippen LogP contribution in [0.25, 0.3) is 0 Å². The summed E-state index contributed by atoms with van der Waals surface area (Å²) in [4.78, 5) is 22.5. The monoisotopic (exact) mass is 311 g/mol. The van der Waals surface area contributed by atoms with Crippen LogP contribution in [0.5, 0.6) is 0 Å². The molecule has 1 saturated heterocycles. The molecule has 1 amide bonds. The van der Waals surface area contributed by atoms with E-state index in [-0.39, 0.29) is 11.4 Å². The number of benzene rings is 1. The molecule has 3 N–H and O–H groups in total. The van der Waals surface area contributed by atoms with Crippen molar-refractivity contribution < 1.29 is 10.1 Å². The molecule has 2 aliphatic rings. The normalized spacial score (nSPS) is 19.6. The fourth-order valence-electron chi connectivity index (χ4n) is 3.96. The van der Waals surface area contributed by atoms with Gasteiger partial charge in [0.1, 0.15) is 11.2 Å². The molecule has 4 rings (SSSR count). The van der Waals surface area contributed by atoms with Crippen LogP contribution in [0.1, 0.15) is 40.2 Å². The minimum Gasteiger partial charge on any atom is -0.348 e. The van der Waals surface area contributed by atoms with E-state index in [1.807, 2.05) is 42.4 Å². The standard InChI is InChI=1S/C18H22N4O/c1-13-2-4-14(5-3-13)17(23)22-10-7-18(8-11-22)16-15(6-9-21-18)19-12-20-16/h2-5,12,21H,6-11H2,1H3,(H,19,20)/p+1. The number of imidazole rings is 1. The first-order chi connectivity index (χ1) is 11.2. The lowest BCUT2D eigenvalue weighted by atomic mass is 9.80. The summed E-state index contributed by atoms with van der Waals surface area (Å²) in [6.07, 6.45) is 4.82. The molecule has 1 fully saturated rings. The molecular weight excluding hydrogens is 288 g/mol. The van der Waals surface area contributed by atoms with Gasteiger partial charge in [-0.3, -0.25) is 4.79 Å². The van der Waals surface area contributed by atoms with Crippen molar-refractivity contribution in [3.05, 3.63) is 53.1 Å². The van der Waals surface area contributed by atoms with Gasteiger partial charge in [0.2, 0.25) is 0 Å². The molecule has 0 aliphatic carbocycles. The number of quaternary nitrogens is 1. The van der Waals surface area contributed by atoms with Gasteiger partial charge in [-0.1, -0.05) is 17.7 Å². The molecule has 1 aromatic carbocycles. The van der Waals surface area contributed by atoms with Crippen molar-refractivity contribution in [1.82, 2.24) is 14.9 Å². The fraction of sp³-hybridized carbons (Fsp3) is 0.444. The zero-order valence-electron chi connectivity index (χ0n) is 13.5. The van der Waals surface area contributed by atoms with Crippen LogP contribution < -0.4 is 5.32 Å². The topological polar surface area (TPSA) is 65.6 Å². The first kappa shape index (κ1) is 14.5. The third kappa shape index (κ3) is 2.45. The van der Waals surface area contributed by atoms with E-state index in [4.69, 9.17) is 0 Å². The van der Waals surface area contributed by atoms with Gasteiger partial charge in [0.25, 0.3) is 5.91 Å². The first-order valence-corrected chi connectivity index (χ1v) is 8.41. The predicted molar refractivity (Wildman–Crippen MR) is 87.1 cm³/mol. The highest BCUT2D eigenvalue weighted by atomic mass is 16.2. The molecule has 2 aliphatic heterocycles. The highest BCUT2D eigenvalue weighted by Gasteiger charge is 2.45. The van der Waals surface area contributed by atoms with Crippen LogP contribution in [-0.4, -0.2) is 40.4 Å². The summed E-state index contributed by atoms with van der Waals surface area (Å²) in [7, 11) is 0. The smallest absolute Gasteiger partial charge is 0.253 e. The van der Waals surface area contributed by atoms with Crippen LogP contribution in [-0.2, 0) is 12.0 Å². The second-order valence-corrected chi connectivity index (χ2v) is 6.79. The van der Waals surface area contributed by atoms with Crippen LogP contribution in [0.15, 0.2) is 30.6 Å². The maximum Gasteiger partial charge on any atom is 0.253 e. The molecule has 23 heavy (non-hydrogen) atoms. The van der Waals surface area contributed by atoms with E-state index in [0.717, 1.165) is 44.5 Å². The number of nitrogens with zero attached hydrogens (tertiary/aromatic N) is 2. The highest BCUT2D eigenvalue weighted by Crippen LogP contribution is 2.32. The van der Waals surface area contributed by atoms with E-state index >= 15 is 0 Å². The Hall–Kier alpha value is -2.14. The van der Waals surface area contributed by atoms with Gasteiger partial charge >= 0.3 is 0 Å². The summed E-state index contributed by atoms with van der Waals surface area (Å²) >= 11 is 0. The van der Waals surface area contributed by atoms with Crippen molar-refractivity contribution in [2.75, 3.05) is 19.6 Å². The fourth-order valence-corrected chi connectivity index (χ4v) is 3.96. The number of amides is 1. The van der Waals surface area contributed by atoms with Crippen LogP contribution in [0, 0.1) is 6.92 Å². The lowest BCUT2D eigenvalue weighted by Crippen LogP contribution is -2.97. The van der Waals surface area contributed by atoms with Gasteiger partial charge in [-0.2, -0.15) is 0 Å². The summed E-state index contributed by atoms with van der Waals surface area (Å²) in [5, 5.41) is 2.43. The number of carbonyl (C=O) groups is 1. The van der Waals surface area contributed by atoms with Crippen LogP contribution in [0.2, 0.25) is 0 Å². The summed E-state index contributed by atoms with van der Waals surface area (Å²) in [6.45, 7) is 4.74. The van der Waals surface area contributed by atoms with Gasteiger partial charge in [-0.05, 0) is 19.1 Å². The number of rotatable bonds is 1. The molecular formula is C18H23N4O+. The van der Waals surface area contributed by atoms with Crippen molar-refractivity contribution in [3.63, 3.8) is 0 Å². The van der Waals surface area contributed by atoms with E-state index in [1.54, 1.807) is 0 Å². The van der Waals surface area contributed by atoms with Crippen LogP contribution >= 0.6 is 0 Å². The zero-order chi connectivity index (χ0) is 15.9. The maximum atomic E-state index is 12.7. The summed E-state index contributed by atoms with van der Waals surface area (Å²) < 4.78 is 0. The van der Waals surface area contributed by atoms with Crippen molar-refractivity contribution in [3.8, 4) is 0 Å². The Morgan fingerprint density at radius 3 is 2.74 bits per heavy atom. The Balaban J connectivity index is 1.50. The van der Waals surface area contributed by atoms with E-state index < -0.39 is 0 Å². The number of aromatic amines is 1. The first-order valence-electron chi connectivity index (χ1n) is 8.41. The molecule has 120 valence electrons. The Morgan fingerprint density at radius 1 is 1.26 bits per heavy atom. The average Bonchev–Trinajstić information content (AvgIpc) is 3.06. The molecule has 2 aromatic rings.